The molecule has 0 atom stereocenters. The highest BCUT2D eigenvalue weighted by Gasteiger charge is 2.52. The Hall–Kier alpha value is -1.85. The highest BCUT2D eigenvalue weighted by molar-refractivity contribution is 6.58. The van der Waals surface area contributed by atoms with Gasteiger partial charge in [0.15, 0.2) is 5.70 Å². The van der Waals surface area contributed by atoms with Gasteiger partial charge >= 0.3 is 6.97 Å². The molecule has 0 bridgehead atoms. The Balaban J connectivity index is 2.07. The number of aromatic nitrogens is 1. The third-order valence-corrected chi connectivity index (χ3v) is 4.57. The summed E-state index contributed by atoms with van der Waals surface area (Å²) < 4.78 is 31.5. The maximum absolute atomic E-state index is 14.8. The first-order valence-electron chi connectivity index (χ1n) is 7.10. The second-order valence-corrected chi connectivity index (χ2v) is 6.60. The quantitative estimate of drug-likeness (QED) is 0.660. The van der Waals surface area contributed by atoms with E-state index in [1.54, 1.807) is 12.1 Å². The highest BCUT2D eigenvalue weighted by Crippen LogP contribution is 2.41. The maximum atomic E-state index is 14.8. The molecule has 0 amide bonds. The van der Waals surface area contributed by atoms with E-state index in [0.29, 0.717) is 17.0 Å². The third kappa shape index (κ3) is 2.11. The molecule has 116 valence electrons. The molecule has 3 heterocycles. The van der Waals surface area contributed by atoms with Crippen LogP contribution in [0, 0.1) is 6.92 Å². The van der Waals surface area contributed by atoms with E-state index in [-0.39, 0.29) is 10.1 Å². The van der Waals surface area contributed by atoms with E-state index in [1.165, 1.54) is 12.4 Å². The van der Waals surface area contributed by atoms with Gasteiger partial charge in [0.2, 0.25) is 0 Å². The second-order valence-electron chi connectivity index (χ2n) is 5.73. The minimum atomic E-state index is -4.02. The standard InChI is InChI=1S/C16H11BCl2F2N2/c1-10-2-4-11(5-3-10)16-14-6-12(18)8-22(14)17(20,21)23-9-13(19)7-15(16)23/h2-9H,1H3. The van der Waals surface area contributed by atoms with Crippen molar-refractivity contribution in [2.75, 3.05) is 0 Å². The third-order valence-electron chi connectivity index (χ3n) is 4.15. The number of rotatable bonds is 1. The van der Waals surface area contributed by atoms with E-state index in [1.807, 2.05) is 31.2 Å². The van der Waals surface area contributed by atoms with Gasteiger partial charge in [0.25, 0.3) is 0 Å². The molecule has 0 fully saturated rings. The van der Waals surface area contributed by atoms with Crippen LogP contribution in [0.5, 0.6) is 0 Å². The molecule has 2 aliphatic rings. The molecule has 0 spiro atoms. The van der Waals surface area contributed by atoms with Crippen molar-refractivity contribution in [1.29, 1.82) is 0 Å². The molecule has 2 nitrogen and oxygen atoms in total. The van der Waals surface area contributed by atoms with Gasteiger partial charge in [-0.2, -0.15) is 0 Å². The van der Waals surface area contributed by atoms with Crippen LogP contribution in [0.25, 0.3) is 5.57 Å². The van der Waals surface area contributed by atoms with E-state index in [0.717, 1.165) is 20.1 Å². The average molecular weight is 351 g/mol. The van der Waals surface area contributed by atoms with Crippen LogP contribution in [-0.2, 0) is 0 Å². The zero-order valence-corrected chi connectivity index (χ0v) is 13.6. The summed E-state index contributed by atoms with van der Waals surface area (Å²) in [7, 11) is 0. The first-order valence-corrected chi connectivity index (χ1v) is 7.85. The highest BCUT2D eigenvalue weighted by atomic mass is 35.5. The van der Waals surface area contributed by atoms with E-state index < -0.39 is 6.97 Å². The molecular formula is C16H11BCl2F2N2. The van der Waals surface area contributed by atoms with Gasteiger partial charge < -0.3 is 17.6 Å². The molecule has 23 heavy (non-hydrogen) atoms. The van der Waals surface area contributed by atoms with Gasteiger partial charge in [-0.1, -0.05) is 53.0 Å². The van der Waals surface area contributed by atoms with Gasteiger partial charge in [-0.3, -0.25) is 0 Å². The summed E-state index contributed by atoms with van der Waals surface area (Å²) in [5, 5.41) is 0.561. The van der Waals surface area contributed by atoms with Crippen LogP contribution < -0.4 is 0 Å². The Kier molecular flexibility index (Phi) is 3.09. The minimum absolute atomic E-state index is 0.281. The molecule has 0 saturated carbocycles. The predicted molar refractivity (Wildman–Crippen MR) is 90.3 cm³/mol. The number of halogens is 4. The van der Waals surface area contributed by atoms with Crippen molar-refractivity contribution < 1.29 is 13.1 Å². The van der Waals surface area contributed by atoms with Crippen molar-refractivity contribution in [2.45, 2.75) is 6.92 Å². The molecule has 2 aromatic rings. The topological polar surface area (TPSA) is 7.94 Å². The first kappa shape index (κ1) is 14.7. The van der Waals surface area contributed by atoms with Crippen LogP contribution in [0.15, 0.2) is 53.3 Å². The van der Waals surface area contributed by atoms with Crippen LogP contribution in [-0.4, -0.2) is 22.1 Å². The lowest BCUT2D eigenvalue weighted by Crippen LogP contribution is -2.49. The van der Waals surface area contributed by atoms with Gasteiger partial charge in [0, 0.05) is 11.8 Å². The van der Waals surface area contributed by atoms with Crippen molar-refractivity contribution in [3.63, 3.8) is 0 Å². The van der Waals surface area contributed by atoms with Crippen molar-refractivity contribution in [3.8, 4) is 0 Å². The summed E-state index contributed by atoms with van der Waals surface area (Å²) >= 11 is 12.0. The summed E-state index contributed by atoms with van der Waals surface area (Å²) in [4.78, 5) is 0. The Bertz CT molecular complexity index is 924. The predicted octanol–water partition coefficient (Wildman–Crippen LogP) is 4.67. The summed E-state index contributed by atoms with van der Waals surface area (Å²) in [6.45, 7) is -2.04. The maximum Gasteiger partial charge on any atom is 0.737 e. The van der Waals surface area contributed by atoms with E-state index in [4.69, 9.17) is 23.2 Å². The van der Waals surface area contributed by atoms with Crippen LogP contribution in [0.2, 0.25) is 5.02 Å². The van der Waals surface area contributed by atoms with Crippen LogP contribution in [0.1, 0.15) is 16.8 Å². The molecule has 7 heteroatoms. The minimum Gasteiger partial charge on any atom is -0.395 e. The molecule has 1 aromatic carbocycles. The number of aryl methyl sites for hydroxylation is 1. The lowest BCUT2D eigenvalue weighted by atomic mass is 9.86. The molecule has 1 aromatic heterocycles. The number of allylic oxidation sites excluding steroid dienone is 2. The Morgan fingerprint density at radius 3 is 2.52 bits per heavy atom. The molecule has 2 aliphatic heterocycles. The number of benzene rings is 1. The van der Waals surface area contributed by atoms with Gasteiger partial charge in [-0.25, -0.2) is 0 Å². The van der Waals surface area contributed by atoms with Crippen LogP contribution >= 0.6 is 23.2 Å². The van der Waals surface area contributed by atoms with Gasteiger partial charge in [0.05, 0.1) is 10.6 Å². The molecule has 0 N–H and O–H groups in total. The fraction of sp³-hybridized carbons (Fsp3) is 0.0625. The number of nitrogens with zero attached hydrogens (tertiary/aromatic N) is 2. The first-order chi connectivity index (χ1) is 10.9. The Morgan fingerprint density at radius 1 is 1.13 bits per heavy atom. The number of hydrogen-bond acceptors (Lipinski definition) is 0. The summed E-state index contributed by atoms with van der Waals surface area (Å²) in [6.07, 6.45) is 4.10. The molecule has 0 radical (unpaired) electrons. The van der Waals surface area contributed by atoms with Crippen LogP contribution in [0.4, 0.5) is 8.63 Å². The van der Waals surface area contributed by atoms with Crippen molar-refractivity contribution in [2.24, 2.45) is 0 Å². The Labute approximate surface area is 142 Å². The van der Waals surface area contributed by atoms with Crippen molar-refractivity contribution >= 4 is 42.0 Å². The zero-order chi connectivity index (χ0) is 16.4. The number of hydrogen-bond donors (Lipinski definition) is 0. The summed E-state index contributed by atoms with van der Waals surface area (Å²) in [6, 6.07) is 9.29. The molecule has 0 unspecified atom stereocenters. The molecule has 4 rings (SSSR count). The van der Waals surface area contributed by atoms with E-state index in [9.17, 15) is 8.63 Å². The fourth-order valence-electron chi connectivity index (χ4n) is 3.09. The number of fused-ring (bicyclic) bond motifs is 2. The normalized spacial score (nSPS) is 18.5. The summed E-state index contributed by atoms with van der Waals surface area (Å²) in [5.74, 6) is 0. The van der Waals surface area contributed by atoms with Gasteiger partial charge in [-0.15, -0.1) is 0 Å². The molecule has 0 saturated heterocycles. The largest absolute Gasteiger partial charge is 0.737 e. The fourth-order valence-corrected chi connectivity index (χ4v) is 3.50. The summed E-state index contributed by atoms with van der Waals surface area (Å²) in [5.41, 5.74) is 3.42. The molecule has 0 aliphatic carbocycles. The average Bonchev–Trinajstić information content (AvgIpc) is 3.05. The zero-order valence-electron chi connectivity index (χ0n) is 12.1. The lowest BCUT2D eigenvalue weighted by molar-refractivity contribution is -0.356. The molecular weight excluding hydrogens is 340 g/mol. The smallest absolute Gasteiger partial charge is 0.395 e. The van der Waals surface area contributed by atoms with Crippen molar-refractivity contribution in [3.05, 3.63) is 75.2 Å². The Morgan fingerprint density at radius 2 is 1.83 bits per heavy atom. The van der Waals surface area contributed by atoms with E-state index >= 15 is 0 Å². The van der Waals surface area contributed by atoms with Crippen LogP contribution in [0.3, 0.4) is 0 Å². The monoisotopic (exact) mass is 350 g/mol. The van der Waals surface area contributed by atoms with Gasteiger partial charge in [-0.05, 0) is 24.8 Å². The SMILES string of the molecule is Cc1ccc(C2=C3C=C(Cl)C=[N+]3[B-](F)(F)n3cc(Cl)cc32)cc1. The van der Waals surface area contributed by atoms with Gasteiger partial charge in [0.1, 0.15) is 11.2 Å². The second kappa shape index (κ2) is 4.82. The lowest BCUT2D eigenvalue weighted by Gasteiger charge is -2.30. The van der Waals surface area contributed by atoms with Crippen molar-refractivity contribution in [1.82, 2.24) is 4.48 Å². The van der Waals surface area contributed by atoms with E-state index in [2.05, 4.69) is 0 Å².